The van der Waals surface area contributed by atoms with E-state index in [1.807, 2.05) is 43.3 Å². The highest BCUT2D eigenvalue weighted by Gasteiger charge is 2.26. The van der Waals surface area contributed by atoms with Crippen molar-refractivity contribution in [2.45, 2.75) is 19.8 Å². The number of fused-ring (bicyclic) bond motifs is 1. The number of benzene rings is 1. The van der Waals surface area contributed by atoms with Crippen LogP contribution in [0.5, 0.6) is 0 Å². The molecule has 1 fully saturated rings. The highest BCUT2D eigenvalue weighted by molar-refractivity contribution is 6.01. The van der Waals surface area contributed by atoms with E-state index in [9.17, 15) is 4.79 Å². The van der Waals surface area contributed by atoms with Crippen LogP contribution in [0.3, 0.4) is 0 Å². The number of hydrogen-bond acceptors (Lipinski definition) is 7. The Morgan fingerprint density at radius 2 is 1.87 bits per heavy atom. The summed E-state index contributed by atoms with van der Waals surface area (Å²) in [5.41, 5.74) is 2.60. The monoisotopic (exact) mass is 414 g/mol. The number of nitrogens with one attached hydrogen (secondary N) is 1. The van der Waals surface area contributed by atoms with Crippen LogP contribution in [0.15, 0.2) is 55.4 Å². The fourth-order valence-corrected chi connectivity index (χ4v) is 3.98. The number of para-hydroxylation sites is 1. The molecule has 0 radical (unpaired) electrons. The van der Waals surface area contributed by atoms with Gasteiger partial charge in [-0.2, -0.15) is 5.10 Å². The van der Waals surface area contributed by atoms with Crippen LogP contribution < -0.4 is 10.2 Å². The number of carbonyl (C=O) groups is 1. The molecule has 1 aliphatic heterocycles. The predicted molar refractivity (Wildman–Crippen MR) is 117 cm³/mol. The predicted octanol–water partition coefficient (Wildman–Crippen LogP) is 2.77. The summed E-state index contributed by atoms with van der Waals surface area (Å²) in [6.07, 6.45) is 6.13. The number of carbonyl (C=O) groups excluding carboxylic acids is 1. The number of anilines is 2. The van der Waals surface area contributed by atoms with Crippen LogP contribution in [0, 0.1) is 12.8 Å². The van der Waals surface area contributed by atoms with Crippen LogP contribution in [0.1, 0.15) is 18.5 Å². The molecule has 3 aromatic heterocycles. The van der Waals surface area contributed by atoms with Gasteiger partial charge in [0.05, 0.1) is 11.2 Å². The molecule has 9 nitrogen and oxygen atoms in total. The quantitative estimate of drug-likeness (QED) is 0.548. The van der Waals surface area contributed by atoms with Crippen molar-refractivity contribution in [2.24, 2.45) is 5.92 Å². The molecule has 4 aromatic rings. The lowest BCUT2D eigenvalue weighted by Crippen LogP contribution is -2.38. The van der Waals surface area contributed by atoms with Crippen molar-refractivity contribution in [3.05, 3.63) is 61.1 Å². The number of piperidine rings is 1. The van der Waals surface area contributed by atoms with E-state index in [-0.39, 0.29) is 11.8 Å². The van der Waals surface area contributed by atoms with E-state index in [2.05, 4.69) is 35.3 Å². The molecule has 4 heterocycles. The van der Waals surface area contributed by atoms with Gasteiger partial charge in [0.2, 0.25) is 5.91 Å². The van der Waals surface area contributed by atoms with Gasteiger partial charge >= 0.3 is 0 Å². The Kier molecular flexibility index (Phi) is 4.99. The van der Waals surface area contributed by atoms with Gasteiger partial charge in [0.25, 0.3) is 0 Å². The van der Waals surface area contributed by atoms with Crippen LogP contribution in [0.25, 0.3) is 16.7 Å². The van der Waals surface area contributed by atoms with Gasteiger partial charge in [0, 0.05) is 36.2 Å². The Balaban J connectivity index is 1.26. The van der Waals surface area contributed by atoms with Gasteiger partial charge in [0.15, 0.2) is 5.82 Å². The number of pyridine rings is 1. The zero-order chi connectivity index (χ0) is 21.2. The third-order valence-corrected chi connectivity index (χ3v) is 5.58. The molecule has 0 bridgehead atoms. The molecule has 0 spiro atoms. The summed E-state index contributed by atoms with van der Waals surface area (Å²) in [6.45, 7) is 3.44. The van der Waals surface area contributed by atoms with Gasteiger partial charge in [-0.05, 0) is 31.9 Å². The molecule has 1 saturated heterocycles. The highest BCUT2D eigenvalue weighted by atomic mass is 16.1. The molecule has 156 valence electrons. The smallest absolute Gasteiger partial charge is 0.227 e. The standard InChI is InChI=1S/C22H22N8O/c1-15-10-19(17-4-2-3-5-18(17)27-15)28-22(31)16-6-8-29(9-7-16)20-11-21(25-13-24-20)30-14-23-12-26-30/h2-5,10-14,16H,6-9H2,1H3,(H,27,28,31). The Morgan fingerprint density at radius 1 is 1.06 bits per heavy atom. The third-order valence-electron chi connectivity index (χ3n) is 5.58. The fraction of sp³-hybridized carbons (Fsp3) is 0.273. The van der Waals surface area contributed by atoms with Crippen LogP contribution in [-0.4, -0.2) is 48.7 Å². The molecule has 1 aromatic carbocycles. The number of aromatic nitrogens is 6. The van der Waals surface area contributed by atoms with E-state index in [1.54, 1.807) is 11.0 Å². The third kappa shape index (κ3) is 3.94. The average Bonchev–Trinajstić information content (AvgIpc) is 3.34. The second kappa shape index (κ2) is 8.10. The van der Waals surface area contributed by atoms with Crippen molar-refractivity contribution in [1.29, 1.82) is 0 Å². The Bertz CT molecular complexity index is 1220. The van der Waals surface area contributed by atoms with Gasteiger partial charge < -0.3 is 10.2 Å². The summed E-state index contributed by atoms with van der Waals surface area (Å²) in [5.74, 6) is 1.51. The topological polar surface area (TPSA) is 102 Å². The number of rotatable bonds is 4. The largest absolute Gasteiger partial charge is 0.356 e. The second-order valence-corrected chi connectivity index (χ2v) is 7.65. The summed E-state index contributed by atoms with van der Waals surface area (Å²) >= 11 is 0. The Labute approximate surface area is 179 Å². The lowest BCUT2D eigenvalue weighted by atomic mass is 9.95. The SMILES string of the molecule is Cc1cc(NC(=O)C2CCN(c3cc(-n4cncn4)ncn3)CC2)c2ccccc2n1. The molecule has 0 aliphatic carbocycles. The molecule has 5 rings (SSSR count). The maximum absolute atomic E-state index is 13.0. The van der Waals surface area contributed by atoms with E-state index in [1.165, 1.54) is 12.7 Å². The summed E-state index contributed by atoms with van der Waals surface area (Å²) in [5, 5.41) is 8.21. The Morgan fingerprint density at radius 3 is 2.68 bits per heavy atom. The number of nitrogens with zero attached hydrogens (tertiary/aromatic N) is 7. The maximum Gasteiger partial charge on any atom is 0.227 e. The number of aryl methyl sites for hydroxylation is 1. The van der Waals surface area contributed by atoms with Crippen LogP contribution >= 0.6 is 0 Å². The van der Waals surface area contributed by atoms with Crippen molar-refractivity contribution >= 4 is 28.3 Å². The second-order valence-electron chi connectivity index (χ2n) is 7.65. The first-order valence-corrected chi connectivity index (χ1v) is 10.3. The summed E-state index contributed by atoms with van der Waals surface area (Å²) in [4.78, 5) is 32.3. The van der Waals surface area contributed by atoms with Gasteiger partial charge in [-0.1, -0.05) is 18.2 Å². The van der Waals surface area contributed by atoms with Crippen LogP contribution in [0.2, 0.25) is 0 Å². The van der Waals surface area contributed by atoms with E-state index < -0.39 is 0 Å². The van der Waals surface area contributed by atoms with Crippen molar-refractivity contribution < 1.29 is 4.79 Å². The molecule has 0 unspecified atom stereocenters. The molecule has 1 N–H and O–H groups in total. The summed E-state index contributed by atoms with van der Waals surface area (Å²) in [6, 6.07) is 11.7. The van der Waals surface area contributed by atoms with Crippen molar-refractivity contribution in [3.8, 4) is 5.82 Å². The fourth-order valence-electron chi connectivity index (χ4n) is 3.98. The minimum absolute atomic E-state index is 0.0416. The molecule has 1 aliphatic rings. The van der Waals surface area contributed by atoms with Gasteiger partial charge in [-0.3, -0.25) is 9.78 Å². The zero-order valence-corrected chi connectivity index (χ0v) is 17.1. The molecule has 1 amide bonds. The van der Waals surface area contributed by atoms with Crippen molar-refractivity contribution in [3.63, 3.8) is 0 Å². The normalized spacial score (nSPS) is 14.7. The lowest BCUT2D eigenvalue weighted by Gasteiger charge is -2.32. The molecule has 0 atom stereocenters. The molecule has 0 saturated carbocycles. The first-order valence-electron chi connectivity index (χ1n) is 10.3. The Hall–Kier alpha value is -3.88. The molecule has 31 heavy (non-hydrogen) atoms. The molecular weight excluding hydrogens is 392 g/mol. The first-order chi connectivity index (χ1) is 15.2. The average molecular weight is 414 g/mol. The molecule has 9 heteroatoms. The van der Waals surface area contributed by atoms with Gasteiger partial charge in [-0.25, -0.2) is 19.6 Å². The number of amides is 1. The molecular formula is C22H22N8O. The van der Waals surface area contributed by atoms with E-state index >= 15 is 0 Å². The van der Waals surface area contributed by atoms with E-state index in [0.717, 1.165) is 54.0 Å². The van der Waals surface area contributed by atoms with E-state index in [0.29, 0.717) is 5.82 Å². The zero-order valence-electron chi connectivity index (χ0n) is 17.1. The first kappa shape index (κ1) is 19.1. The minimum atomic E-state index is -0.0416. The van der Waals surface area contributed by atoms with Gasteiger partial charge in [0.1, 0.15) is 24.8 Å². The van der Waals surface area contributed by atoms with E-state index in [4.69, 9.17) is 0 Å². The number of hydrogen-bond donors (Lipinski definition) is 1. The van der Waals surface area contributed by atoms with Crippen molar-refractivity contribution in [1.82, 2.24) is 29.7 Å². The summed E-state index contributed by atoms with van der Waals surface area (Å²) < 4.78 is 1.60. The lowest BCUT2D eigenvalue weighted by molar-refractivity contribution is -0.120. The minimum Gasteiger partial charge on any atom is -0.356 e. The maximum atomic E-state index is 13.0. The van der Waals surface area contributed by atoms with Crippen LogP contribution in [0.4, 0.5) is 11.5 Å². The van der Waals surface area contributed by atoms with Gasteiger partial charge in [-0.15, -0.1) is 0 Å². The highest BCUT2D eigenvalue weighted by Crippen LogP contribution is 2.27. The van der Waals surface area contributed by atoms with Crippen LogP contribution in [-0.2, 0) is 4.79 Å². The summed E-state index contributed by atoms with van der Waals surface area (Å²) in [7, 11) is 0. The van der Waals surface area contributed by atoms with Crippen molar-refractivity contribution in [2.75, 3.05) is 23.3 Å².